The highest BCUT2D eigenvalue weighted by atomic mass is 19.1. The SMILES string of the molecule is COc1ccc(CNC(=O)C(NC(=O)c2c(F)cccc2F)C(C)C)cc1. The largest absolute Gasteiger partial charge is 0.497 e. The number of carbonyl (C=O) groups is 2. The quantitative estimate of drug-likeness (QED) is 0.781. The average Bonchev–Trinajstić information content (AvgIpc) is 2.64. The maximum atomic E-state index is 13.8. The molecular weight excluding hydrogens is 354 g/mol. The van der Waals surface area contributed by atoms with Crippen molar-refractivity contribution in [2.24, 2.45) is 5.92 Å². The summed E-state index contributed by atoms with van der Waals surface area (Å²) >= 11 is 0. The van der Waals surface area contributed by atoms with Crippen molar-refractivity contribution in [3.8, 4) is 5.75 Å². The summed E-state index contributed by atoms with van der Waals surface area (Å²) in [4.78, 5) is 24.7. The van der Waals surface area contributed by atoms with Crippen molar-refractivity contribution in [3.63, 3.8) is 0 Å². The predicted octanol–water partition coefficient (Wildman–Crippen LogP) is 3.04. The number of ether oxygens (including phenoxy) is 1. The molecule has 2 rings (SSSR count). The highest BCUT2D eigenvalue weighted by Crippen LogP contribution is 2.14. The van der Waals surface area contributed by atoms with Gasteiger partial charge in [-0.2, -0.15) is 0 Å². The van der Waals surface area contributed by atoms with Gasteiger partial charge in [-0.25, -0.2) is 8.78 Å². The van der Waals surface area contributed by atoms with Crippen LogP contribution in [-0.2, 0) is 11.3 Å². The van der Waals surface area contributed by atoms with Crippen molar-refractivity contribution in [1.82, 2.24) is 10.6 Å². The summed E-state index contributed by atoms with van der Waals surface area (Å²) in [6, 6.07) is 9.36. The fourth-order valence-corrected chi connectivity index (χ4v) is 2.51. The first-order valence-electron chi connectivity index (χ1n) is 8.49. The number of nitrogens with one attached hydrogen (secondary N) is 2. The molecule has 2 amide bonds. The third-order valence-corrected chi connectivity index (χ3v) is 4.05. The molecule has 2 aromatic carbocycles. The third kappa shape index (κ3) is 5.26. The second-order valence-corrected chi connectivity index (χ2v) is 6.36. The van der Waals surface area contributed by atoms with E-state index in [0.29, 0.717) is 5.75 Å². The summed E-state index contributed by atoms with van der Waals surface area (Å²) in [5.41, 5.74) is 0.143. The highest BCUT2D eigenvalue weighted by Gasteiger charge is 2.27. The molecule has 7 heteroatoms. The summed E-state index contributed by atoms with van der Waals surface area (Å²) in [7, 11) is 1.56. The zero-order chi connectivity index (χ0) is 20.0. The Morgan fingerprint density at radius 1 is 1.04 bits per heavy atom. The van der Waals surface area contributed by atoms with Crippen LogP contribution < -0.4 is 15.4 Å². The molecule has 0 heterocycles. The van der Waals surface area contributed by atoms with Crippen molar-refractivity contribution in [3.05, 3.63) is 65.2 Å². The van der Waals surface area contributed by atoms with Gasteiger partial charge in [0.2, 0.25) is 5.91 Å². The fourth-order valence-electron chi connectivity index (χ4n) is 2.51. The summed E-state index contributed by atoms with van der Waals surface area (Å²) < 4.78 is 32.6. The fraction of sp³-hybridized carbons (Fsp3) is 0.300. The third-order valence-electron chi connectivity index (χ3n) is 4.05. The number of amides is 2. The van der Waals surface area contributed by atoms with Crippen LogP contribution in [-0.4, -0.2) is 25.0 Å². The van der Waals surface area contributed by atoms with Gasteiger partial charge in [-0.3, -0.25) is 9.59 Å². The number of hydrogen-bond donors (Lipinski definition) is 2. The van der Waals surface area contributed by atoms with Gasteiger partial charge < -0.3 is 15.4 Å². The molecule has 0 radical (unpaired) electrons. The number of benzene rings is 2. The highest BCUT2D eigenvalue weighted by molar-refractivity contribution is 5.98. The van der Waals surface area contributed by atoms with E-state index >= 15 is 0 Å². The predicted molar refractivity (Wildman–Crippen MR) is 97.3 cm³/mol. The smallest absolute Gasteiger partial charge is 0.257 e. The summed E-state index contributed by atoms with van der Waals surface area (Å²) in [6.45, 7) is 3.71. The molecule has 27 heavy (non-hydrogen) atoms. The summed E-state index contributed by atoms with van der Waals surface area (Å²) in [5, 5.41) is 5.14. The van der Waals surface area contributed by atoms with E-state index in [1.54, 1.807) is 45.2 Å². The molecule has 1 unspecified atom stereocenters. The maximum Gasteiger partial charge on any atom is 0.257 e. The summed E-state index contributed by atoms with van der Waals surface area (Å²) in [6.07, 6.45) is 0. The van der Waals surface area contributed by atoms with Gasteiger partial charge in [0.15, 0.2) is 0 Å². The van der Waals surface area contributed by atoms with Crippen molar-refractivity contribution in [2.75, 3.05) is 7.11 Å². The minimum atomic E-state index is -0.978. The van der Waals surface area contributed by atoms with Crippen LogP contribution in [0.3, 0.4) is 0 Å². The molecule has 144 valence electrons. The van der Waals surface area contributed by atoms with Crippen molar-refractivity contribution >= 4 is 11.8 Å². The molecule has 0 aliphatic carbocycles. The average molecular weight is 376 g/mol. The van der Waals surface area contributed by atoms with Gasteiger partial charge in [0.05, 0.1) is 7.11 Å². The Kier molecular flexibility index (Phi) is 6.87. The van der Waals surface area contributed by atoms with Gasteiger partial charge in [-0.05, 0) is 35.7 Å². The first-order valence-corrected chi connectivity index (χ1v) is 8.49. The van der Waals surface area contributed by atoms with Gasteiger partial charge in [-0.1, -0.05) is 32.0 Å². The van der Waals surface area contributed by atoms with Gasteiger partial charge >= 0.3 is 0 Å². The second-order valence-electron chi connectivity index (χ2n) is 6.36. The van der Waals surface area contributed by atoms with E-state index in [9.17, 15) is 18.4 Å². The van der Waals surface area contributed by atoms with Crippen LogP contribution in [0.2, 0.25) is 0 Å². The van der Waals surface area contributed by atoms with E-state index in [-0.39, 0.29) is 12.5 Å². The molecule has 0 spiro atoms. The lowest BCUT2D eigenvalue weighted by atomic mass is 10.0. The van der Waals surface area contributed by atoms with E-state index in [0.717, 1.165) is 17.7 Å². The van der Waals surface area contributed by atoms with Gasteiger partial charge in [0.1, 0.15) is 29.0 Å². The van der Waals surface area contributed by atoms with E-state index in [1.807, 2.05) is 0 Å². The molecule has 5 nitrogen and oxygen atoms in total. The van der Waals surface area contributed by atoms with Crippen LogP contribution in [0.4, 0.5) is 8.78 Å². The monoisotopic (exact) mass is 376 g/mol. The van der Waals surface area contributed by atoms with E-state index in [2.05, 4.69) is 10.6 Å². The Hall–Kier alpha value is -2.96. The second kappa shape index (κ2) is 9.12. The minimum Gasteiger partial charge on any atom is -0.497 e. The van der Waals surface area contributed by atoms with Crippen LogP contribution >= 0.6 is 0 Å². The molecule has 0 saturated heterocycles. The van der Waals surface area contributed by atoms with Crippen LogP contribution in [0.1, 0.15) is 29.8 Å². The number of halogens is 2. The lowest BCUT2D eigenvalue weighted by Gasteiger charge is -2.22. The van der Waals surface area contributed by atoms with E-state index in [1.165, 1.54) is 6.07 Å². The minimum absolute atomic E-state index is 0.246. The summed E-state index contributed by atoms with van der Waals surface area (Å²) in [5.74, 6) is -2.94. The molecule has 0 bridgehead atoms. The molecule has 1 atom stereocenters. The standard InChI is InChI=1S/C20H22F2N2O3/c1-12(2)18(24-19(25)17-15(21)5-4-6-16(17)22)20(26)23-11-13-7-9-14(27-3)10-8-13/h4-10,12,18H,11H2,1-3H3,(H,23,26)(H,24,25). The van der Waals surface area contributed by atoms with Crippen LogP contribution in [0.15, 0.2) is 42.5 Å². The number of methoxy groups -OCH3 is 1. The molecule has 0 aliphatic heterocycles. The lowest BCUT2D eigenvalue weighted by molar-refractivity contribution is -0.124. The Morgan fingerprint density at radius 2 is 1.63 bits per heavy atom. The molecule has 0 saturated carbocycles. The Labute approximate surface area is 156 Å². The molecule has 2 aromatic rings. The molecule has 0 fully saturated rings. The van der Waals surface area contributed by atoms with Crippen molar-refractivity contribution < 1.29 is 23.1 Å². The zero-order valence-corrected chi connectivity index (χ0v) is 15.4. The first-order chi connectivity index (χ1) is 12.8. The first kappa shape index (κ1) is 20.4. The van der Waals surface area contributed by atoms with Crippen LogP contribution in [0, 0.1) is 17.6 Å². The van der Waals surface area contributed by atoms with Crippen molar-refractivity contribution in [1.29, 1.82) is 0 Å². The number of carbonyl (C=O) groups excluding carboxylic acids is 2. The molecule has 2 N–H and O–H groups in total. The Morgan fingerprint density at radius 3 is 2.15 bits per heavy atom. The van der Waals surface area contributed by atoms with Gasteiger partial charge in [0, 0.05) is 6.54 Å². The molecule has 0 aromatic heterocycles. The molecular formula is C20H22F2N2O3. The van der Waals surface area contributed by atoms with E-state index in [4.69, 9.17) is 4.74 Å². The van der Waals surface area contributed by atoms with Gasteiger partial charge in [-0.15, -0.1) is 0 Å². The number of rotatable bonds is 7. The zero-order valence-electron chi connectivity index (χ0n) is 15.4. The van der Waals surface area contributed by atoms with Crippen LogP contribution in [0.5, 0.6) is 5.75 Å². The normalized spacial score (nSPS) is 11.8. The van der Waals surface area contributed by atoms with Crippen LogP contribution in [0.25, 0.3) is 0 Å². The molecule has 0 aliphatic rings. The van der Waals surface area contributed by atoms with Gasteiger partial charge in [0.25, 0.3) is 5.91 Å². The van der Waals surface area contributed by atoms with Crippen molar-refractivity contribution in [2.45, 2.75) is 26.4 Å². The Balaban J connectivity index is 2.05. The lowest BCUT2D eigenvalue weighted by Crippen LogP contribution is -2.49. The maximum absolute atomic E-state index is 13.8. The van der Waals surface area contributed by atoms with E-state index < -0.39 is 35.1 Å². The topological polar surface area (TPSA) is 67.4 Å². The number of hydrogen-bond acceptors (Lipinski definition) is 3. The Bertz CT molecular complexity index is 787.